The van der Waals surface area contributed by atoms with Crippen LogP contribution in [-0.4, -0.2) is 61.2 Å². The molecule has 2 aromatic carbocycles. The fourth-order valence-electron chi connectivity index (χ4n) is 3.14. The molecule has 29 heavy (non-hydrogen) atoms. The van der Waals surface area contributed by atoms with Crippen LogP contribution in [0.4, 0.5) is 5.69 Å². The Kier molecular flexibility index (Phi) is 6.46. The second-order valence-corrected chi connectivity index (χ2v) is 6.51. The first-order valence-electron chi connectivity index (χ1n) is 9.15. The van der Waals surface area contributed by atoms with Crippen LogP contribution >= 0.6 is 0 Å². The van der Waals surface area contributed by atoms with Crippen molar-refractivity contribution in [3.8, 4) is 5.75 Å². The topological polar surface area (TPSA) is 105 Å². The molecule has 0 aromatic heterocycles. The van der Waals surface area contributed by atoms with Crippen molar-refractivity contribution in [2.75, 3.05) is 38.7 Å². The van der Waals surface area contributed by atoms with E-state index in [4.69, 9.17) is 9.47 Å². The van der Waals surface area contributed by atoms with Crippen molar-refractivity contribution in [2.45, 2.75) is 6.42 Å². The maximum Gasteiger partial charge on any atom is 0.335 e. The standard InChI is InChI=1S/C21H22N2O6/c1-28-18-7-6-15(20(25)23-8-10-29-11-9-23)12-17(18)22-19(24)13-14-4-2-3-5-16(14)21(26)27/h2-7,12H,8-11,13H2,1H3,(H,22,24)(H,26,27). The number of carbonyl (C=O) groups excluding carboxylic acids is 2. The normalized spacial score (nSPS) is 13.6. The van der Waals surface area contributed by atoms with Gasteiger partial charge in [-0.15, -0.1) is 0 Å². The zero-order valence-electron chi connectivity index (χ0n) is 16.0. The largest absolute Gasteiger partial charge is 0.495 e. The molecule has 1 aliphatic heterocycles. The van der Waals surface area contributed by atoms with Gasteiger partial charge in [0.15, 0.2) is 0 Å². The number of morpholine rings is 1. The molecule has 8 heteroatoms. The van der Waals surface area contributed by atoms with E-state index in [0.29, 0.717) is 48.9 Å². The summed E-state index contributed by atoms with van der Waals surface area (Å²) < 4.78 is 10.6. The van der Waals surface area contributed by atoms with Crippen LogP contribution in [-0.2, 0) is 16.0 Å². The quantitative estimate of drug-likeness (QED) is 0.772. The van der Waals surface area contributed by atoms with Crippen LogP contribution in [0.3, 0.4) is 0 Å². The van der Waals surface area contributed by atoms with Gasteiger partial charge in [0.1, 0.15) is 5.75 Å². The molecule has 0 atom stereocenters. The minimum absolute atomic E-state index is 0.0749. The van der Waals surface area contributed by atoms with E-state index in [1.807, 2.05) is 0 Å². The third-order valence-electron chi connectivity index (χ3n) is 4.62. The number of benzene rings is 2. The van der Waals surface area contributed by atoms with Crippen LogP contribution in [0.2, 0.25) is 0 Å². The van der Waals surface area contributed by atoms with Crippen molar-refractivity contribution >= 4 is 23.5 Å². The average Bonchev–Trinajstić information content (AvgIpc) is 2.74. The number of hydrogen-bond donors (Lipinski definition) is 2. The average molecular weight is 398 g/mol. The lowest BCUT2D eigenvalue weighted by Crippen LogP contribution is -2.40. The number of carbonyl (C=O) groups is 3. The molecule has 0 radical (unpaired) electrons. The molecule has 0 unspecified atom stereocenters. The van der Waals surface area contributed by atoms with Gasteiger partial charge in [0, 0.05) is 18.7 Å². The first kappa shape index (κ1) is 20.3. The van der Waals surface area contributed by atoms with Crippen LogP contribution in [0.25, 0.3) is 0 Å². The monoisotopic (exact) mass is 398 g/mol. The highest BCUT2D eigenvalue weighted by atomic mass is 16.5. The highest BCUT2D eigenvalue weighted by Gasteiger charge is 2.20. The van der Waals surface area contributed by atoms with E-state index < -0.39 is 11.9 Å². The van der Waals surface area contributed by atoms with Gasteiger partial charge >= 0.3 is 5.97 Å². The summed E-state index contributed by atoms with van der Waals surface area (Å²) in [6.07, 6.45) is -0.118. The third kappa shape index (κ3) is 4.91. The highest BCUT2D eigenvalue weighted by molar-refractivity contribution is 6.00. The first-order chi connectivity index (χ1) is 14.0. The van der Waals surface area contributed by atoms with Crippen LogP contribution in [0.5, 0.6) is 5.75 Å². The molecule has 1 aliphatic rings. The number of carboxylic acids is 1. The molecule has 0 bridgehead atoms. The maximum absolute atomic E-state index is 12.7. The highest BCUT2D eigenvalue weighted by Crippen LogP contribution is 2.26. The summed E-state index contributed by atoms with van der Waals surface area (Å²) >= 11 is 0. The van der Waals surface area contributed by atoms with E-state index in [2.05, 4.69) is 5.32 Å². The van der Waals surface area contributed by atoms with Gasteiger partial charge in [0.05, 0.1) is 38.0 Å². The molecule has 1 heterocycles. The number of amides is 2. The summed E-state index contributed by atoms with van der Waals surface area (Å²) in [4.78, 5) is 38.3. The van der Waals surface area contributed by atoms with E-state index in [9.17, 15) is 19.5 Å². The second-order valence-electron chi connectivity index (χ2n) is 6.51. The van der Waals surface area contributed by atoms with Gasteiger partial charge in [-0.1, -0.05) is 18.2 Å². The molecule has 2 aromatic rings. The minimum Gasteiger partial charge on any atom is -0.495 e. The Bertz CT molecular complexity index is 921. The van der Waals surface area contributed by atoms with E-state index in [-0.39, 0.29) is 17.9 Å². The van der Waals surface area contributed by atoms with E-state index in [0.717, 1.165) is 0 Å². The molecule has 0 aliphatic carbocycles. The number of anilines is 1. The second kappa shape index (κ2) is 9.20. The van der Waals surface area contributed by atoms with E-state index in [1.165, 1.54) is 13.2 Å². The number of nitrogens with one attached hydrogen (secondary N) is 1. The Morgan fingerprint density at radius 1 is 1.14 bits per heavy atom. The molecular weight excluding hydrogens is 376 g/mol. The lowest BCUT2D eigenvalue weighted by Gasteiger charge is -2.27. The van der Waals surface area contributed by atoms with E-state index >= 15 is 0 Å². The van der Waals surface area contributed by atoms with Crippen molar-refractivity contribution in [1.82, 2.24) is 4.90 Å². The number of aromatic carboxylic acids is 1. The van der Waals surface area contributed by atoms with Gasteiger partial charge < -0.3 is 24.8 Å². The number of rotatable bonds is 6. The van der Waals surface area contributed by atoms with Gasteiger partial charge in [-0.25, -0.2) is 4.79 Å². The predicted octanol–water partition coefficient (Wildman–Crippen LogP) is 2.05. The maximum atomic E-state index is 12.7. The number of hydrogen-bond acceptors (Lipinski definition) is 5. The first-order valence-corrected chi connectivity index (χ1v) is 9.15. The third-order valence-corrected chi connectivity index (χ3v) is 4.62. The molecule has 0 saturated carbocycles. The zero-order valence-corrected chi connectivity index (χ0v) is 16.0. The fraction of sp³-hybridized carbons (Fsp3) is 0.286. The fourth-order valence-corrected chi connectivity index (χ4v) is 3.14. The van der Waals surface area contributed by atoms with E-state index in [1.54, 1.807) is 41.3 Å². The molecule has 3 rings (SSSR count). The smallest absolute Gasteiger partial charge is 0.335 e. The molecule has 0 spiro atoms. The van der Waals surface area contributed by atoms with Crippen molar-refractivity contribution in [2.24, 2.45) is 0 Å². The number of ether oxygens (including phenoxy) is 2. The van der Waals surface area contributed by atoms with Crippen molar-refractivity contribution in [1.29, 1.82) is 0 Å². The summed E-state index contributed by atoms with van der Waals surface area (Å²) in [5, 5.41) is 12.0. The molecular formula is C21H22N2O6. The Morgan fingerprint density at radius 2 is 1.86 bits per heavy atom. The summed E-state index contributed by atoms with van der Waals surface area (Å²) in [6, 6.07) is 11.2. The molecule has 152 valence electrons. The summed E-state index contributed by atoms with van der Waals surface area (Å²) in [5.74, 6) is -1.25. The van der Waals surface area contributed by atoms with Gasteiger partial charge in [-0.3, -0.25) is 9.59 Å². The SMILES string of the molecule is COc1ccc(C(=O)N2CCOCC2)cc1NC(=O)Cc1ccccc1C(=O)O. The number of carboxylic acid groups (broad SMARTS) is 1. The predicted molar refractivity (Wildman–Crippen MR) is 105 cm³/mol. The Morgan fingerprint density at radius 3 is 2.55 bits per heavy atom. The van der Waals surface area contributed by atoms with Gasteiger partial charge in [-0.2, -0.15) is 0 Å². The zero-order chi connectivity index (χ0) is 20.8. The Hall–Kier alpha value is -3.39. The van der Waals surface area contributed by atoms with Gasteiger partial charge in [0.25, 0.3) is 5.91 Å². The van der Waals surface area contributed by atoms with Crippen LogP contribution in [0.1, 0.15) is 26.3 Å². The van der Waals surface area contributed by atoms with Crippen molar-refractivity contribution in [3.05, 3.63) is 59.2 Å². The summed E-state index contributed by atoms with van der Waals surface area (Å²) in [5.41, 5.74) is 1.25. The molecule has 8 nitrogen and oxygen atoms in total. The molecule has 1 fully saturated rings. The van der Waals surface area contributed by atoms with Gasteiger partial charge in [0.2, 0.25) is 5.91 Å². The van der Waals surface area contributed by atoms with Crippen molar-refractivity contribution in [3.63, 3.8) is 0 Å². The summed E-state index contributed by atoms with van der Waals surface area (Å²) in [6.45, 7) is 2.01. The van der Waals surface area contributed by atoms with Crippen molar-refractivity contribution < 1.29 is 29.0 Å². The molecule has 2 amide bonds. The van der Waals surface area contributed by atoms with Gasteiger partial charge in [-0.05, 0) is 29.8 Å². The summed E-state index contributed by atoms with van der Waals surface area (Å²) in [7, 11) is 1.47. The Balaban J connectivity index is 1.78. The number of nitrogens with zero attached hydrogens (tertiary/aromatic N) is 1. The van der Waals surface area contributed by atoms with Crippen LogP contribution in [0.15, 0.2) is 42.5 Å². The van der Waals surface area contributed by atoms with Crippen LogP contribution < -0.4 is 10.1 Å². The lowest BCUT2D eigenvalue weighted by molar-refractivity contribution is -0.115. The Labute approximate surface area is 168 Å². The lowest BCUT2D eigenvalue weighted by atomic mass is 10.0. The molecule has 2 N–H and O–H groups in total. The molecule has 1 saturated heterocycles. The number of methoxy groups -OCH3 is 1. The van der Waals surface area contributed by atoms with Crippen LogP contribution in [0, 0.1) is 0 Å². The minimum atomic E-state index is -1.09.